The van der Waals surface area contributed by atoms with Gasteiger partial charge in [-0.3, -0.25) is 4.72 Å². The van der Waals surface area contributed by atoms with E-state index in [1.54, 1.807) is 19.1 Å². The molecule has 28 heavy (non-hydrogen) atoms. The summed E-state index contributed by atoms with van der Waals surface area (Å²) in [5.74, 6) is -2.75. The van der Waals surface area contributed by atoms with Gasteiger partial charge in [0.05, 0.1) is 21.7 Å². The number of anilines is 1. The minimum atomic E-state index is -4.06. The van der Waals surface area contributed by atoms with Crippen LogP contribution in [0, 0.1) is 6.92 Å². The largest absolute Gasteiger partial charge is 0.478 e. The first-order valence-electron chi connectivity index (χ1n) is 7.71. The molecule has 1 aromatic heterocycles. The molecule has 0 spiro atoms. The number of rotatable bonds is 6. The second kappa shape index (κ2) is 7.37. The van der Waals surface area contributed by atoms with Crippen LogP contribution in [0.3, 0.4) is 0 Å². The van der Waals surface area contributed by atoms with Crippen molar-refractivity contribution in [1.29, 1.82) is 0 Å². The predicted molar refractivity (Wildman–Crippen MR) is 101 cm³/mol. The molecule has 11 heteroatoms. The minimum Gasteiger partial charge on any atom is -0.478 e. The lowest BCUT2D eigenvalue weighted by atomic mass is 10.1. The zero-order valence-electron chi connectivity index (χ0n) is 14.3. The molecule has 0 amide bonds. The van der Waals surface area contributed by atoms with Crippen molar-refractivity contribution in [2.45, 2.75) is 11.8 Å². The number of aryl methyl sites for hydroxylation is 1. The third kappa shape index (κ3) is 4.15. The summed E-state index contributed by atoms with van der Waals surface area (Å²) >= 11 is 1.37. The molecule has 0 fully saturated rings. The average Bonchev–Trinajstić information content (AvgIpc) is 3.07. The van der Waals surface area contributed by atoms with E-state index in [2.05, 4.69) is 14.9 Å². The molecule has 0 aliphatic heterocycles. The number of nitrogens with one attached hydrogen (secondary N) is 1. The van der Waals surface area contributed by atoms with E-state index < -0.39 is 22.0 Å². The van der Waals surface area contributed by atoms with Gasteiger partial charge in [-0.2, -0.15) is 0 Å². The molecular weight excluding hydrogens is 406 g/mol. The summed E-state index contributed by atoms with van der Waals surface area (Å²) in [6.07, 6.45) is 0. The van der Waals surface area contributed by atoms with Crippen LogP contribution in [0.2, 0.25) is 0 Å². The van der Waals surface area contributed by atoms with Crippen LogP contribution >= 0.6 is 11.3 Å². The highest BCUT2D eigenvalue weighted by Gasteiger charge is 2.18. The van der Waals surface area contributed by atoms with Gasteiger partial charge in [0.2, 0.25) is 0 Å². The number of aromatic carboxylic acids is 2. The van der Waals surface area contributed by atoms with Gasteiger partial charge in [-0.05, 0) is 37.3 Å². The van der Waals surface area contributed by atoms with Crippen LogP contribution < -0.4 is 4.72 Å². The molecule has 0 saturated heterocycles. The smallest absolute Gasteiger partial charge is 0.335 e. The molecule has 0 radical (unpaired) electrons. The topological polar surface area (TPSA) is 147 Å². The molecule has 0 bridgehead atoms. The Labute approximate surface area is 163 Å². The van der Waals surface area contributed by atoms with Gasteiger partial charge in [0.1, 0.15) is 10.0 Å². The summed E-state index contributed by atoms with van der Waals surface area (Å²) in [6, 6.07) is 8.92. The number of benzene rings is 2. The van der Waals surface area contributed by atoms with Gasteiger partial charge in [-0.15, -0.1) is 10.2 Å². The van der Waals surface area contributed by atoms with Gasteiger partial charge in [0.15, 0.2) is 0 Å². The molecule has 2 aromatic carbocycles. The second-order valence-corrected chi connectivity index (χ2v) is 8.53. The van der Waals surface area contributed by atoms with Crippen molar-refractivity contribution in [3.63, 3.8) is 0 Å². The lowest BCUT2D eigenvalue weighted by Gasteiger charge is -2.10. The number of nitrogens with zero attached hydrogens (tertiary/aromatic N) is 2. The molecule has 1 heterocycles. The van der Waals surface area contributed by atoms with E-state index in [9.17, 15) is 18.0 Å². The van der Waals surface area contributed by atoms with Crippen molar-refractivity contribution in [2.24, 2.45) is 0 Å². The van der Waals surface area contributed by atoms with Crippen LogP contribution in [0.15, 0.2) is 47.4 Å². The Bertz CT molecular complexity index is 1140. The van der Waals surface area contributed by atoms with Crippen LogP contribution in [0.25, 0.3) is 10.6 Å². The van der Waals surface area contributed by atoms with Crippen molar-refractivity contribution in [1.82, 2.24) is 10.2 Å². The van der Waals surface area contributed by atoms with Gasteiger partial charge in [0, 0.05) is 5.56 Å². The standard InChI is InChI=1S/C17H13N3O6S2/c1-9-18-19-15(27-9)10-2-4-14(5-3-10)28(25,26)20-13-7-11(16(21)22)6-12(8-13)17(23)24/h2-8,20H,1H3,(H,21,22)(H,23,24). The zero-order chi connectivity index (χ0) is 20.5. The zero-order valence-corrected chi connectivity index (χ0v) is 15.9. The third-order valence-electron chi connectivity index (χ3n) is 3.62. The lowest BCUT2D eigenvalue weighted by molar-refractivity contribution is 0.0696. The van der Waals surface area contributed by atoms with E-state index >= 15 is 0 Å². The molecule has 0 atom stereocenters. The number of hydrogen-bond donors (Lipinski definition) is 3. The fourth-order valence-corrected chi connectivity index (χ4v) is 4.07. The molecule has 0 aliphatic rings. The summed E-state index contributed by atoms with van der Waals surface area (Å²) < 4.78 is 27.4. The molecule has 0 saturated carbocycles. The van der Waals surface area contributed by atoms with E-state index in [0.29, 0.717) is 10.6 Å². The van der Waals surface area contributed by atoms with Gasteiger partial charge in [0.25, 0.3) is 10.0 Å². The van der Waals surface area contributed by atoms with Crippen molar-refractivity contribution >= 4 is 39.0 Å². The maximum atomic E-state index is 12.6. The lowest BCUT2D eigenvalue weighted by Crippen LogP contribution is -2.14. The maximum Gasteiger partial charge on any atom is 0.335 e. The Morgan fingerprint density at radius 3 is 2.00 bits per heavy atom. The van der Waals surface area contributed by atoms with Gasteiger partial charge in [-0.1, -0.05) is 23.5 Å². The fraction of sp³-hybridized carbons (Fsp3) is 0.0588. The maximum absolute atomic E-state index is 12.6. The average molecular weight is 419 g/mol. The van der Waals surface area contributed by atoms with Crippen molar-refractivity contribution < 1.29 is 28.2 Å². The van der Waals surface area contributed by atoms with E-state index in [0.717, 1.165) is 23.2 Å². The predicted octanol–water partition coefficient (Wildman–Crippen LogP) is 2.71. The second-order valence-electron chi connectivity index (χ2n) is 5.67. The number of sulfonamides is 1. The number of carbonyl (C=O) groups is 2. The highest BCUT2D eigenvalue weighted by Crippen LogP contribution is 2.25. The van der Waals surface area contributed by atoms with Gasteiger partial charge >= 0.3 is 11.9 Å². The van der Waals surface area contributed by atoms with Crippen LogP contribution in [0.4, 0.5) is 5.69 Å². The van der Waals surface area contributed by atoms with E-state index in [1.807, 2.05) is 0 Å². The molecule has 3 N–H and O–H groups in total. The molecule has 0 unspecified atom stereocenters. The van der Waals surface area contributed by atoms with Crippen LogP contribution in [-0.2, 0) is 10.0 Å². The van der Waals surface area contributed by atoms with Crippen molar-refractivity contribution in [3.05, 3.63) is 58.6 Å². The monoisotopic (exact) mass is 419 g/mol. The highest BCUT2D eigenvalue weighted by atomic mass is 32.2. The minimum absolute atomic E-state index is 0.0740. The Hall–Kier alpha value is -3.31. The van der Waals surface area contributed by atoms with Crippen LogP contribution in [-0.4, -0.2) is 40.8 Å². The first kappa shape index (κ1) is 19.5. The first-order chi connectivity index (χ1) is 13.2. The molecule has 3 rings (SSSR count). The molecule has 9 nitrogen and oxygen atoms in total. The molecule has 3 aromatic rings. The summed E-state index contributed by atoms with van der Waals surface area (Å²) in [5.41, 5.74) is -0.161. The first-order valence-corrected chi connectivity index (χ1v) is 10.0. The molecule has 144 valence electrons. The van der Waals surface area contributed by atoms with Gasteiger partial charge in [-0.25, -0.2) is 18.0 Å². The Morgan fingerprint density at radius 1 is 0.964 bits per heavy atom. The fourth-order valence-electron chi connectivity index (χ4n) is 2.34. The number of hydrogen-bond acceptors (Lipinski definition) is 7. The summed E-state index contributed by atoms with van der Waals surface area (Å²) in [7, 11) is -4.06. The Kier molecular flexibility index (Phi) is 5.12. The summed E-state index contributed by atoms with van der Waals surface area (Å²) in [6.45, 7) is 1.81. The number of carboxylic acids is 2. The van der Waals surface area contributed by atoms with E-state index in [4.69, 9.17) is 10.2 Å². The Morgan fingerprint density at radius 2 is 1.54 bits per heavy atom. The summed E-state index contributed by atoms with van der Waals surface area (Å²) in [4.78, 5) is 22.2. The summed E-state index contributed by atoms with van der Waals surface area (Å²) in [5, 5.41) is 27.5. The van der Waals surface area contributed by atoms with Crippen LogP contribution in [0.1, 0.15) is 25.7 Å². The SMILES string of the molecule is Cc1nnc(-c2ccc(S(=O)(=O)Nc3cc(C(=O)O)cc(C(=O)O)c3)cc2)s1. The van der Waals surface area contributed by atoms with Gasteiger partial charge < -0.3 is 10.2 Å². The number of aromatic nitrogens is 2. The highest BCUT2D eigenvalue weighted by molar-refractivity contribution is 7.92. The van der Waals surface area contributed by atoms with Crippen LogP contribution in [0.5, 0.6) is 0 Å². The normalized spacial score (nSPS) is 11.2. The van der Waals surface area contributed by atoms with E-state index in [1.165, 1.54) is 23.5 Å². The van der Waals surface area contributed by atoms with E-state index in [-0.39, 0.29) is 21.7 Å². The molecular formula is C17H13N3O6S2. The van der Waals surface area contributed by atoms with Crippen molar-refractivity contribution in [2.75, 3.05) is 4.72 Å². The molecule has 0 aliphatic carbocycles. The third-order valence-corrected chi connectivity index (χ3v) is 5.90. The number of carboxylic acid groups (broad SMARTS) is 2. The Balaban J connectivity index is 1.91. The van der Waals surface area contributed by atoms with Crippen molar-refractivity contribution in [3.8, 4) is 10.6 Å². The quantitative estimate of drug-likeness (QED) is 0.553.